The number of aromatic nitrogens is 1. The van der Waals surface area contributed by atoms with Crippen LogP contribution in [0, 0.1) is 0 Å². The van der Waals surface area contributed by atoms with E-state index in [1.54, 1.807) is 29.0 Å². The van der Waals surface area contributed by atoms with E-state index in [2.05, 4.69) is 6.92 Å². The van der Waals surface area contributed by atoms with E-state index in [0.29, 0.717) is 22.2 Å². The Bertz CT molecular complexity index is 1910. The van der Waals surface area contributed by atoms with Crippen LogP contribution in [0.3, 0.4) is 0 Å². The predicted molar refractivity (Wildman–Crippen MR) is 201 cm³/mol. The third kappa shape index (κ3) is 11.5. The van der Waals surface area contributed by atoms with E-state index in [0.717, 1.165) is 24.0 Å². The summed E-state index contributed by atoms with van der Waals surface area (Å²) < 4.78 is 18.4. The largest absolute Gasteiger partial charge is 0.486 e. The first-order valence-corrected chi connectivity index (χ1v) is 18.2. The lowest BCUT2D eigenvalue weighted by Gasteiger charge is -2.09. The summed E-state index contributed by atoms with van der Waals surface area (Å²) in [5, 5.41) is 0.492. The Morgan fingerprint density at radius 1 is 0.654 bits per heavy atom. The van der Waals surface area contributed by atoms with Crippen LogP contribution in [0.15, 0.2) is 109 Å². The first-order chi connectivity index (χ1) is 25.4. The monoisotopic (exact) mass is 701 g/mol. The van der Waals surface area contributed by atoms with Crippen LogP contribution in [0.2, 0.25) is 0 Å². The first kappa shape index (κ1) is 37.7. The van der Waals surface area contributed by atoms with Crippen molar-refractivity contribution in [2.75, 3.05) is 6.61 Å². The minimum Gasteiger partial charge on any atom is -0.486 e. The topological polar surface area (TPSA) is 101 Å². The Kier molecular flexibility index (Phi) is 14.4. The molecule has 0 radical (unpaired) electrons. The van der Waals surface area contributed by atoms with Gasteiger partial charge in [-0.2, -0.15) is 0 Å². The lowest BCUT2D eigenvalue weighted by molar-refractivity contribution is -0.144. The summed E-state index contributed by atoms with van der Waals surface area (Å²) in [5.41, 5.74) is 4.12. The van der Waals surface area contributed by atoms with Crippen molar-refractivity contribution < 1.29 is 33.4 Å². The first-order valence-electron chi connectivity index (χ1n) is 18.2. The maximum atomic E-state index is 13.5. The summed E-state index contributed by atoms with van der Waals surface area (Å²) in [4.78, 5) is 52.2. The Morgan fingerprint density at radius 3 is 2.00 bits per heavy atom. The zero-order valence-corrected chi connectivity index (χ0v) is 29.9. The molecule has 0 spiro atoms. The molecule has 270 valence electrons. The van der Waals surface area contributed by atoms with Crippen LogP contribution in [0.5, 0.6) is 5.75 Å². The van der Waals surface area contributed by atoms with Gasteiger partial charge >= 0.3 is 11.9 Å². The molecule has 5 aromatic rings. The molecule has 1 heterocycles. The van der Waals surface area contributed by atoms with E-state index < -0.39 is 11.9 Å². The third-order valence-corrected chi connectivity index (χ3v) is 8.92. The smallest absolute Gasteiger partial charge is 0.338 e. The molecular formula is C44H47NO7. The van der Waals surface area contributed by atoms with Crippen LogP contribution >= 0.6 is 0 Å². The number of aryl methyl sites for hydroxylation is 1. The van der Waals surface area contributed by atoms with Crippen molar-refractivity contribution >= 4 is 34.4 Å². The van der Waals surface area contributed by atoms with Crippen molar-refractivity contribution in [1.82, 2.24) is 4.57 Å². The summed E-state index contributed by atoms with van der Waals surface area (Å²) in [6.07, 6.45) is 9.93. The summed E-state index contributed by atoms with van der Waals surface area (Å²) in [5.74, 6) is -0.910. The molecule has 0 saturated carbocycles. The number of ketones is 2. The van der Waals surface area contributed by atoms with Gasteiger partial charge in [-0.3, -0.25) is 14.4 Å². The third-order valence-electron chi connectivity index (χ3n) is 8.92. The molecule has 0 bridgehead atoms. The molecular weight excluding hydrogens is 654 g/mol. The minimum absolute atomic E-state index is 0.0448. The van der Waals surface area contributed by atoms with Gasteiger partial charge in [-0.15, -0.1) is 0 Å². The number of esters is 2. The van der Waals surface area contributed by atoms with Gasteiger partial charge in [0, 0.05) is 29.1 Å². The molecule has 0 unspecified atom stereocenters. The highest BCUT2D eigenvalue weighted by Gasteiger charge is 2.20. The summed E-state index contributed by atoms with van der Waals surface area (Å²) in [6, 6.07) is 31.5. The number of hydrogen-bond acceptors (Lipinski definition) is 7. The van der Waals surface area contributed by atoms with E-state index >= 15 is 0 Å². The second-order valence-electron chi connectivity index (χ2n) is 13.0. The zero-order valence-electron chi connectivity index (χ0n) is 29.9. The molecule has 0 aliphatic rings. The van der Waals surface area contributed by atoms with Crippen LogP contribution in [0.25, 0.3) is 10.9 Å². The molecule has 52 heavy (non-hydrogen) atoms. The molecule has 8 nitrogen and oxygen atoms in total. The molecule has 0 aliphatic carbocycles. The van der Waals surface area contributed by atoms with Crippen molar-refractivity contribution in [3.8, 4) is 5.75 Å². The number of ether oxygens (including phenoxy) is 3. The van der Waals surface area contributed by atoms with Crippen molar-refractivity contribution in [1.29, 1.82) is 0 Å². The molecule has 0 N–H and O–H groups in total. The second-order valence-corrected chi connectivity index (χ2v) is 13.0. The standard InChI is InChI=1S/C44H47NO7/c1-2-3-4-5-6-9-14-33-19-22-38(23-20-33)50-32-37(46)28-45-29-40(42(47)25-26-43(48)51-30-34-15-10-7-11-16-34)39-27-36(21-24-41(39)45)44(49)52-31-35-17-12-8-13-18-35/h7-8,10-13,15-24,27,29H,2-6,9,14,25-26,28,30-32H2,1H3. The number of benzene rings is 4. The van der Waals surface area contributed by atoms with E-state index in [4.69, 9.17) is 14.2 Å². The van der Waals surface area contributed by atoms with Gasteiger partial charge in [0.25, 0.3) is 0 Å². The number of unbranched alkanes of at least 4 members (excludes halogenated alkanes) is 5. The fourth-order valence-electron chi connectivity index (χ4n) is 6.01. The average molecular weight is 702 g/mol. The van der Waals surface area contributed by atoms with Gasteiger partial charge in [0.05, 0.1) is 18.5 Å². The van der Waals surface area contributed by atoms with Crippen LogP contribution in [-0.4, -0.2) is 34.7 Å². The quantitative estimate of drug-likeness (QED) is 0.0427. The number of fused-ring (bicyclic) bond motifs is 1. The van der Waals surface area contributed by atoms with Gasteiger partial charge < -0.3 is 18.8 Å². The number of rotatable bonds is 21. The SMILES string of the molecule is CCCCCCCCc1ccc(OCC(=O)Cn2cc(C(=O)CCC(=O)OCc3ccccc3)c3cc(C(=O)OCc4ccccc4)ccc32)cc1. The highest BCUT2D eigenvalue weighted by molar-refractivity contribution is 6.10. The maximum absolute atomic E-state index is 13.5. The molecule has 0 aliphatic heterocycles. The Morgan fingerprint density at radius 2 is 1.31 bits per heavy atom. The minimum atomic E-state index is -0.538. The zero-order chi connectivity index (χ0) is 36.5. The normalized spacial score (nSPS) is 10.9. The molecule has 0 fully saturated rings. The number of carbonyl (C=O) groups is 4. The van der Waals surface area contributed by atoms with E-state index in [-0.39, 0.29) is 56.3 Å². The van der Waals surface area contributed by atoms with E-state index in [9.17, 15) is 19.2 Å². The van der Waals surface area contributed by atoms with Crippen LogP contribution in [-0.2, 0) is 45.2 Å². The summed E-state index contributed by atoms with van der Waals surface area (Å²) in [7, 11) is 0. The summed E-state index contributed by atoms with van der Waals surface area (Å²) in [6.45, 7) is 2.26. The van der Waals surface area contributed by atoms with E-state index in [1.807, 2.05) is 84.9 Å². The Balaban J connectivity index is 1.23. The Labute approximate surface area is 305 Å². The predicted octanol–water partition coefficient (Wildman–Crippen LogP) is 9.26. The highest BCUT2D eigenvalue weighted by Crippen LogP contribution is 2.26. The molecule has 0 atom stereocenters. The number of Topliss-reactive ketones (excluding diaryl/α,β-unsaturated/α-hetero) is 2. The lowest BCUT2D eigenvalue weighted by atomic mass is 10.0. The van der Waals surface area contributed by atoms with Crippen molar-refractivity contribution in [2.24, 2.45) is 0 Å². The molecule has 4 aromatic carbocycles. The maximum Gasteiger partial charge on any atom is 0.338 e. The summed E-state index contributed by atoms with van der Waals surface area (Å²) >= 11 is 0. The molecule has 8 heteroatoms. The van der Waals surface area contributed by atoms with Gasteiger partial charge in [-0.25, -0.2) is 4.79 Å². The van der Waals surface area contributed by atoms with Crippen LogP contribution < -0.4 is 4.74 Å². The van der Waals surface area contributed by atoms with Gasteiger partial charge in [0.2, 0.25) is 0 Å². The molecule has 0 saturated heterocycles. The number of nitrogens with zero attached hydrogens (tertiary/aromatic N) is 1. The second kappa shape index (κ2) is 19.8. The average Bonchev–Trinajstić information content (AvgIpc) is 3.54. The lowest BCUT2D eigenvalue weighted by Crippen LogP contribution is -2.17. The number of hydrogen-bond donors (Lipinski definition) is 0. The van der Waals surface area contributed by atoms with Gasteiger partial charge in [0.1, 0.15) is 25.6 Å². The number of carbonyl (C=O) groups excluding carboxylic acids is 4. The fourth-order valence-corrected chi connectivity index (χ4v) is 6.01. The van der Waals surface area contributed by atoms with Crippen molar-refractivity contribution in [3.63, 3.8) is 0 Å². The van der Waals surface area contributed by atoms with Crippen molar-refractivity contribution in [3.05, 3.63) is 137 Å². The molecule has 1 aromatic heterocycles. The van der Waals surface area contributed by atoms with E-state index in [1.165, 1.54) is 37.7 Å². The van der Waals surface area contributed by atoms with Gasteiger partial charge in [-0.1, -0.05) is 112 Å². The van der Waals surface area contributed by atoms with Crippen molar-refractivity contribution in [2.45, 2.75) is 84.5 Å². The molecule has 0 amide bonds. The van der Waals surface area contributed by atoms with Gasteiger partial charge in [0.15, 0.2) is 11.6 Å². The Hall–Kier alpha value is -5.50. The highest BCUT2D eigenvalue weighted by atomic mass is 16.5. The van der Waals surface area contributed by atoms with Crippen LogP contribution in [0.4, 0.5) is 0 Å². The van der Waals surface area contributed by atoms with Crippen LogP contribution in [0.1, 0.15) is 95.7 Å². The molecule has 5 rings (SSSR count). The van der Waals surface area contributed by atoms with Gasteiger partial charge in [-0.05, 0) is 59.9 Å². The fraction of sp³-hybridized carbons (Fsp3) is 0.318.